The van der Waals surface area contributed by atoms with Gasteiger partial charge in [-0.25, -0.2) is 0 Å². The molecule has 0 radical (unpaired) electrons. The molecule has 1 heterocycles. The Balaban J connectivity index is 1.64. The summed E-state index contributed by atoms with van der Waals surface area (Å²) < 4.78 is 21.0. The third kappa shape index (κ3) is 5.76. The van der Waals surface area contributed by atoms with Crippen molar-refractivity contribution in [2.45, 2.75) is 18.8 Å². The van der Waals surface area contributed by atoms with Crippen LogP contribution in [-0.4, -0.2) is 66.7 Å². The molecule has 0 unspecified atom stereocenters. The summed E-state index contributed by atoms with van der Waals surface area (Å²) in [6.07, 6.45) is 0.733. The summed E-state index contributed by atoms with van der Waals surface area (Å²) in [5.74, 6) is -2.63. The molecule has 10 heteroatoms. The number of ketones is 1. The monoisotopic (exact) mass is 552 g/mol. The molecule has 0 bridgehead atoms. The normalized spacial score (nSPS) is 17.2. The number of cyclic esters (lactones) is 1. The van der Waals surface area contributed by atoms with Crippen LogP contribution in [0.2, 0.25) is 0 Å². The van der Waals surface area contributed by atoms with Crippen molar-refractivity contribution in [3.05, 3.63) is 70.8 Å². The first-order chi connectivity index (χ1) is 19.2. The first-order valence-electron chi connectivity index (χ1n) is 12.6. The number of rotatable bonds is 11. The zero-order valence-electron chi connectivity index (χ0n) is 22.4. The number of benzene rings is 3. The molecule has 4 N–H and O–H groups in total. The summed E-state index contributed by atoms with van der Waals surface area (Å²) in [6.45, 7) is -0.395. The summed E-state index contributed by atoms with van der Waals surface area (Å²) in [5, 5.41) is 40.9. The van der Waals surface area contributed by atoms with Crippen molar-refractivity contribution in [2.75, 3.05) is 34.5 Å². The van der Waals surface area contributed by atoms with Crippen LogP contribution in [0.15, 0.2) is 48.5 Å². The number of hydrogen-bond acceptors (Lipinski definition) is 10. The van der Waals surface area contributed by atoms with Crippen molar-refractivity contribution >= 4 is 11.8 Å². The number of hydrogen-bond donors (Lipinski definition) is 4. The number of methoxy groups -OCH3 is 3. The number of aliphatic hydroxyl groups is 1. The number of carbonyl (C=O) groups is 2. The van der Waals surface area contributed by atoms with Crippen molar-refractivity contribution in [2.24, 2.45) is 11.8 Å². The van der Waals surface area contributed by atoms with Crippen LogP contribution in [0.1, 0.15) is 33.0 Å². The van der Waals surface area contributed by atoms with Crippen LogP contribution in [-0.2, 0) is 22.4 Å². The van der Waals surface area contributed by atoms with E-state index in [0.29, 0.717) is 17.7 Å². The second-order valence-electron chi connectivity index (χ2n) is 9.63. The lowest BCUT2D eigenvalue weighted by Gasteiger charge is -2.21. The molecular formula is C30H32O10. The van der Waals surface area contributed by atoms with Crippen LogP contribution in [0.25, 0.3) is 0 Å². The van der Waals surface area contributed by atoms with E-state index in [1.165, 1.54) is 45.6 Å². The van der Waals surface area contributed by atoms with Gasteiger partial charge in [0.2, 0.25) is 0 Å². The van der Waals surface area contributed by atoms with E-state index in [2.05, 4.69) is 0 Å². The quantitative estimate of drug-likeness (QED) is 0.206. The highest BCUT2D eigenvalue weighted by Crippen LogP contribution is 2.40. The Bertz CT molecular complexity index is 1400. The van der Waals surface area contributed by atoms with Crippen LogP contribution >= 0.6 is 0 Å². The minimum Gasteiger partial charge on any atom is -0.504 e. The molecule has 3 aromatic rings. The largest absolute Gasteiger partial charge is 0.504 e. The molecule has 0 aliphatic carbocycles. The van der Waals surface area contributed by atoms with Gasteiger partial charge >= 0.3 is 5.97 Å². The fraction of sp³-hybridized carbons (Fsp3) is 0.333. The number of aliphatic hydroxyl groups excluding tert-OH is 1. The number of carbonyl (C=O) groups excluding carboxylic acids is 2. The Morgan fingerprint density at radius 1 is 0.875 bits per heavy atom. The Morgan fingerprint density at radius 2 is 1.50 bits per heavy atom. The van der Waals surface area contributed by atoms with Gasteiger partial charge < -0.3 is 39.4 Å². The number of esters is 1. The number of phenolic OH excluding ortho intramolecular Hbond substituents is 3. The van der Waals surface area contributed by atoms with E-state index in [-0.39, 0.29) is 64.8 Å². The molecule has 10 nitrogen and oxygen atoms in total. The molecule has 1 aliphatic heterocycles. The molecule has 1 fully saturated rings. The molecule has 0 aromatic heterocycles. The molecule has 0 amide bonds. The molecule has 1 saturated heterocycles. The Morgan fingerprint density at radius 3 is 2.15 bits per heavy atom. The topological polar surface area (TPSA) is 152 Å². The summed E-state index contributed by atoms with van der Waals surface area (Å²) in [6, 6.07) is 12.3. The predicted octanol–water partition coefficient (Wildman–Crippen LogP) is 3.36. The summed E-state index contributed by atoms with van der Waals surface area (Å²) in [7, 11) is 4.18. The van der Waals surface area contributed by atoms with Gasteiger partial charge in [-0.1, -0.05) is 12.1 Å². The number of aromatic hydroxyl groups is 3. The van der Waals surface area contributed by atoms with Gasteiger partial charge in [0.1, 0.15) is 0 Å². The first kappa shape index (κ1) is 28.6. The average Bonchev–Trinajstić information content (AvgIpc) is 3.29. The van der Waals surface area contributed by atoms with Gasteiger partial charge in [0.15, 0.2) is 40.3 Å². The van der Waals surface area contributed by atoms with Crippen LogP contribution in [0.4, 0.5) is 0 Å². The smallest absolute Gasteiger partial charge is 0.309 e. The van der Waals surface area contributed by atoms with E-state index in [1.54, 1.807) is 24.3 Å². The van der Waals surface area contributed by atoms with Crippen LogP contribution in [0.5, 0.6) is 34.5 Å². The van der Waals surface area contributed by atoms with E-state index < -0.39 is 24.2 Å². The second-order valence-corrected chi connectivity index (χ2v) is 9.63. The maximum atomic E-state index is 13.4. The Labute approximate surface area is 231 Å². The van der Waals surface area contributed by atoms with Crippen molar-refractivity contribution in [3.8, 4) is 34.5 Å². The van der Waals surface area contributed by atoms with E-state index in [1.807, 2.05) is 0 Å². The van der Waals surface area contributed by atoms with Crippen molar-refractivity contribution < 1.29 is 49.0 Å². The SMILES string of the molecule is COc1cc(C[C@@H]2COC(=O)[C@@H]2Cc2cc(OC)c(O)c([C@@H](CO)C(=O)c3ccc(O)c(OC)c3)c2)ccc1O. The van der Waals surface area contributed by atoms with Crippen LogP contribution in [0, 0.1) is 11.8 Å². The first-order valence-corrected chi connectivity index (χ1v) is 12.6. The van der Waals surface area contributed by atoms with E-state index in [0.717, 1.165) is 5.56 Å². The molecule has 4 rings (SSSR count). The van der Waals surface area contributed by atoms with Crippen molar-refractivity contribution in [3.63, 3.8) is 0 Å². The fourth-order valence-corrected chi connectivity index (χ4v) is 5.04. The number of phenols is 3. The second kappa shape index (κ2) is 12.2. The molecule has 212 valence electrons. The highest BCUT2D eigenvalue weighted by atomic mass is 16.5. The third-order valence-corrected chi connectivity index (χ3v) is 7.23. The van der Waals surface area contributed by atoms with Gasteiger partial charge in [0, 0.05) is 17.0 Å². The van der Waals surface area contributed by atoms with E-state index >= 15 is 0 Å². The van der Waals surface area contributed by atoms with Gasteiger partial charge in [-0.15, -0.1) is 0 Å². The van der Waals surface area contributed by atoms with Gasteiger partial charge in [0.25, 0.3) is 0 Å². The van der Waals surface area contributed by atoms with Crippen LogP contribution < -0.4 is 14.2 Å². The molecule has 40 heavy (non-hydrogen) atoms. The summed E-state index contributed by atoms with van der Waals surface area (Å²) >= 11 is 0. The molecule has 3 aromatic carbocycles. The third-order valence-electron chi connectivity index (χ3n) is 7.23. The molecule has 1 aliphatic rings. The lowest BCUT2D eigenvalue weighted by molar-refractivity contribution is -0.141. The Hall–Kier alpha value is -4.44. The van der Waals surface area contributed by atoms with Crippen molar-refractivity contribution in [1.29, 1.82) is 0 Å². The maximum absolute atomic E-state index is 13.4. The maximum Gasteiger partial charge on any atom is 0.309 e. The predicted molar refractivity (Wildman–Crippen MR) is 143 cm³/mol. The zero-order valence-corrected chi connectivity index (χ0v) is 22.4. The highest BCUT2D eigenvalue weighted by Gasteiger charge is 2.37. The molecular weight excluding hydrogens is 520 g/mol. The van der Waals surface area contributed by atoms with E-state index in [4.69, 9.17) is 18.9 Å². The summed E-state index contributed by atoms with van der Waals surface area (Å²) in [4.78, 5) is 26.1. The fourth-order valence-electron chi connectivity index (χ4n) is 5.04. The lowest BCUT2D eigenvalue weighted by atomic mass is 9.83. The standard InChI is InChI=1S/C30H32O10/c1-37-25-11-16(4-6-23(25)32)8-19-15-40-30(36)20(19)9-17-10-21(29(35)27(12-17)39-3)22(14-31)28(34)18-5-7-24(33)26(13-18)38-2/h4-7,10-13,19-20,22,31-33,35H,8-9,14-15H2,1-3H3/t19-,20-,22-/m1/s1. The van der Waals surface area contributed by atoms with Crippen molar-refractivity contribution in [1.82, 2.24) is 0 Å². The van der Waals surface area contributed by atoms with Gasteiger partial charge in [0.05, 0.1) is 46.4 Å². The average molecular weight is 553 g/mol. The van der Waals surface area contributed by atoms with Gasteiger partial charge in [-0.05, 0) is 60.4 Å². The number of ether oxygens (including phenoxy) is 4. The summed E-state index contributed by atoms with van der Waals surface area (Å²) in [5.41, 5.74) is 1.78. The minimum atomic E-state index is -1.15. The van der Waals surface area contributed by atoms with Crippen LogP contribution in [0.3, 0.4) is 0 Å². The lowest BCUT2D eigenvalue weighted by Crippen LogP contribution is -2.21. The van der Waals surface area contributed by atoms with Gasteiger partial charge in [-0.2, -0.15) is 0 Å². The molecule has 3 atom stereocenters. The number of Topliss-reactive ketones (excluding diaryl/α,β-unsaturated/α-hetero) is 1. The Kier molecular flexibility index (Phi) is 8.69. The molecule has 0 saturated carbocycles. The zero-order chi connectivity index (χ0) is 29.0. The van der Waals surface area contributed by atoms with E-state index in [9.17, 15) is 30.0 Å². The highest BCUT2D eigenvalue weighted by molar-refractivity contribution is 6.02. The van der Waals surface area contributed by atoms with Gasteiger partial charge in [-0.3, -0.25) is 9.59 Å². The molecule has 0 spiro atoms. The minimum absolute atomic E-state index is 0.0176.